The number of nitrogens with one attached hydrogen (secondary N) is 1. The Morgan fingerprint density at radius 2 is 2.45 bits per heavy atom. The first kappa shape index (κ1) is 8.23. The minimum atomic E-state index is -0.464. The molecule has 1 aromatic heterocycles. The zero-order chi connectivity index (χ0) is 8.27. The Kier molecular flexibility index (Phi) is 2.62. The van der Waals surface area contributed by atoms with Crippen molar-refractivity contribution in [2.24, 2.45) is 0 Å². The average molecular weight is 220 g/mol. The van der Waals surface area contributed by atoms with Crippen LogP contribution in [-0.4, -0.2) is 37.1 Å². The van der Waals surface area contributed by atoms with Gasteiger partial charge in [0.2, 0.25) is 0 Å². The van der Waals surface area contributed by atoms with Crippen LogP contribution in [0.3, 0.4) is 0 Å². The number of anilines is 1. The normalized spacial score (nSPS) is 9.27. The summed E-state index contributed by atoms with van der Waals surface area (Å²) in [6, 6.07) is 0. The monoisotopic (exact) mass is 221 g/mol. The summed E-state index contributed by atoms with van der Waals surface area (Å²) >= 11 is -0.0850. The van der Waals surface area contributed by atoms with E-state index in [4.69, 9.17) is 0 Å². The van der Waals surface area contributed by atoms with Crippen LogP contribution in [0.25, 0.3) is 0 Å². The third kappa shape index (κ3) is 2.03. The SMILES string of the molecule is COC(=O)Nc1[se]nnc1C. The van der Waals surface area contributed by atoms with Crippen molar-refractivity contribution in [1.29, 1.82) is 0 Å². The standard InChI is InChI=1S/C5H7N3O2Se/c1-3-4(11-8-7-3)6-5(9)10-2/h1-2H3,(H,6,9). The van der Waals surface area contributed by atoms with Crippen LogP contribution in [0, 0.1) is 6.92 Å². The predicted octanol–water partition coefficient (Wildman–Crippen LogP) is 0.0203. The van der Waals surface area contributed by atoms with E-state index in [1.165, 1.54) is 7.11 Å². The molecule has 0 atom stereocenters. The maximum absolute atomic E-state index is 10.7. The minimum absolute atomic E-state index is 0.0850. The number of methoxy groups -OCH3 is 1. The van der Waals surface area contributed by atoms with Gasteiger partial charge in [-0.1, -0.05) is 0 Å². The molecule has 1 heterocycles. The molecule has 0 fully saturated rings. The topological polar surface area (TPSA) is 64.1 Å². The van der Waals surface area contributed by atoms with E-state index in [1.54, 1.807) is 6.92 Å². The first-order valence-electron chi connectivity index (χ1n) is 2.88. The summed E-state index contributed by atoms with van der Waals surface area (Å²) in [5.74, 6) is 0. The Bertz CT molecular complexity index is 260. The summed E-state index contributed by atoms with van der Waals surface area (Å²) in [5.41, 5.74) is 0.760. The van der Waals surface area contributed by atoms with Crippen LogP contribution in [-0.2, 0) is 4.74 Å². The Hall–Kier alpha value is -0.871. The Balaban J connectivity index is 2.64. The second-order valence-electron chi connectivity index (χ2n) is 1.80. The van der Waals surface area contributed by atoms with E-state index in [-0.39, 0.29) is 14.7 Å². The van der Waals surface area contributed by atoms with E-state index >= 15 is 0 Å². The van der Waals surface area contributed by atoms with Crippen molar-refractivity contribution < 1.29 is 9.53 Å². The first-order chi connectivity index (χ1) is 5.24. The van der Waals surface area contributed by atoms with Gasteiger partial charge in [0.15, 0.2) is 0 Å². The zero-order valence-electron chi connectivity index (χ0n) is 6.12. The van der Waals surface area contributed by atoms with Gasteiger partial charge in [-0.25, -0.2) is 0 Å². The number of ether oxygens (including phenoxy) is 1. The first-order valence-corrected chi connectivity index (χ1v) is 4.50. The van der Waals surface area contributed by atoms with Crippen LogP contribution in [0.15, 0.2) is 0 Å². The molecule has 60 valence electrons. The molecule has 11 heavy (non-hydrogen) atoms. The molecule has 0 saturated carbocycles. The van der Waals surface area contributed by atoms with Gasteiger partial charge in [0, 0.05) is 0 Å². The Labute approximate surface area is 69.7 Å². The number of hydrogen-bond acceptors (Lipinski definition) is 4. The summed E-state index contributed by atoms with van der Waals surface area (Å²) in [6.45, 7) is 1.80. The van der Waals surface area contributed by atoms with Crippen molar-refractivity contribution in [2.75, 3.05) is 12.4 Å². The van der Waals surface area contributed by atoms with E-state index in [0.29, 0.717) is 0 Å². The van der Waals surface area contributed by atoms with E-state index in [9.17, 15) is 4.79 Å². The number of hydrogen-bond donors (Lipinski definition) is 1. The number of aryl methyl sites for hydroxylation is 1. The van der Waals surface area contributed by atoms with Crippen LogP contribution < -0.4 is 5.32 Å². The average Bonchev–Trinajstić information content (AvgIpc) is 2.37. The molecule has 0 unspecified atom stereocenters. The zero-order valence-corrected chi connectivity index (χ0v) is 7.83. The van der Waals surface area contributed by atoms with Crippen molar-refractivity contribution in [3.63, 3.8) is 0 Å². The van der Waals surface area contributed by atoms with Crippen molar-refractivity contribution in [3.05, 3.63) is 5.69 Å². The molecule has 6 heteroatoms. The summed E-state index contributed by atoms with van der Waals surface area (Å²) in [6.07, 6.45) is -0.464. The van der Waals surface area contributed by atoms with Gasteiger partial charge >= 0.3 is 69.2 Å². The van der Waals surface area contributed by atoms with Crippen LogP contribution in [0.1, 0.15) is 5.69 Å². The van der Waals surface area contributed by atoms with E-state index in [0.717, 1.165) is 10.3 Å². The third-order valence-electron chi connectivity index (χ3n) is 1.05. The maximum atomic E-state index is 10.7. The van der Waals surface area contributed by atoms with Gasteiger partial charge < -0.3 is 0 Å². The van der Waals surface area contributed by atoms with Gasteiger partial charge in [-0.2, -0.15) is 0 Å². The molecule has 5 nitrogen and oxygen atoms in total. The summed E-state index contributed by atoms with van der Waals surface area (Å²) in [5, 5.41) is 6.30. The molecule has 0 radical (unpaired) electrons. The van der Waals surface area contributed by atoms with Crippen LogP contribution in [0.5, 0.6) is 0 Å². The van der Waals surface area contributed by atoms with E-state index in [2.05, 4.69) is 19.2 Å². The van der Waals surface area contributed by atoms with Crippen molar-refractivity contribution in [2.45, 2.75) is 6.92 Å². The number of aromatic nitrogens is 2. The molecular weight excluding hydrogens is 213 g/mol. The molecule has 1 rings (SSSR count). The summed E-state index contributed by atoms with van der Waals surface area (Å²) < 4.78 is 8.95. The molecule has 0 aromatic carbocycles. The van der Waals surface area contributed by atoms with Gasteiger partial charge in [-0.05, 0) is 0 Å². The molecule has 1 aromatic rings. The number of nitrogens with zero attached hydrogens (tertiary/aromatic N) is 2. The Morgan fingerprint density at radius 1 is 1.73 bits per heavy atom. The van der Waals surface area contributed by atoms with Gasteiger partial charge in [-0.15, -0.1) is 0 Å². The molecule has 0 saturated heterocycles. The van der Waals surface area contributed by atoms with E-state index in [1.807, 2.05) is 0 Å². The van der Waals surface area contributed by atoms with Gasteiger partial charge in [0.1, 0.15) is 0 Å². The molecular formula is C5H7N3O2Se. The fraction of sp³-hybridized carbons (Fsp3) is 0.400. The van der Waals surface area contributed by atoms with Crippen LogP contribution in [0.2, 0.25) is 0 Å². The second kappa shape index (κ2) is 3.50. The molecule has 0 aliphatic carbocycles. The van der Waals surface area contributed by atoms with Crippen LogP contribution in [0.4, 0.5) is 9.36 Å². The number of rotatable bonds is 1. The van der Waals surface area contributed by atoms with Gasteiger partial charge in [-0.3, -0.25) is 0 Å². The molecule has 0 spiro atoms. The van der Waals surface area contributed by atoms with Crippen molar-refractivity contribution in [3.8, 4) is 0 Å². The molecule has 1 N–H and O–H groups in total. The fourth-order valence-corrected chi connectivity index (χ4v) is 1.64. The third-order valence-corrected chi connectivity index (χ3v) is 2.61. The van der Waals surface area contributed by atoms with Gasteiger partial charge in [0.05, 0.1) is 0 Å². The Morgan fingerprint density at radius 3 is 2.91 bits per heavy atom. The number of amides is 1. The molecule has 0 bridgehead atoms. The molecule has 0 aliphatic rings. The quantitative estimate of drug-likeness (QED) is 0.677. The van der Waals surface area contributed by atoms with Crippen molar-refractivity contribution in [1.82, 2.24) is 9.19 Å². The van der Waals surface area contributed by atoms with E-state index < -0.39 is 6.09 Å². The number of carbonyl (C=O) groups excluding carboxylic acids is 1. The van der Waals surface area contributed by atoms with Crippen molar-refractivity contribution >= 4 is 25.4 Å². The summed E-state index contributed by atoms with van der Waals surface area (Å²) in [4.78, 5) is 10.7. The number of carbonyl (C=O) groups is 1. The summed E-state index contributed by atoms with van der Waals surface area (Å²) in [7, 11) is 1.32. The van der Waals surface area contributed by atoms with Crippen LogP contribution >= 0.6 is 0 Å². The van der Waals surface area contributed by atoms with Gasteiger partial charge in [0.25, 0.3) is 0 Å². The molecule has 0 aliphatic heterocycles. The second-order valence-corrected chi connectivity index (χ2v) is 3.39. The fourth-order valence-electron chi connectivity index (χ4n) is 0.491. The molecule has 1 amide bonds. The predicted molar refractivity (Wildman–Crippen MR) is 39.7 cm³/mol.